The van der Waals surface area contributed by atoms with Crippen molar-refractivity contribution < 1.29 is 0 Å². The topological polar surface area (TPSA) is 77.6 Å². The van der Waals surface area contributed by atoms with Gasteiger partial charge in [0.25, 0.3) is 0 Å². The van der Waals surface area contributed by atoms with Gasteiger partial charge in [-0.25, -0.2) is 4.98 Å². The molecule has 5 heteroatoms. The molecule has 2 aromatic rings. The fourth-order valence-electron chi connectivity index (χ4n) is 2.96. The second-order valence-corrected chi connectivity index (χ2v) is 5.73. The average molecular weight is 283 g/mol. The van der Waals surface area contributed by atoms with E-state index < -0.39 is 0 Å². The van der Waals surface area contributed by atoms with E-state index in [1.807, 2.05) is 19.1 Å². The number of aromatic nitrogens is 4. The summed E-state index contributed by atoms with van der Waals surface area (Å²) in [6, 6.07) is 3.92. The van der Waals surface area contributed by atoms with Crippen LogP contribution in [0.1, 0.15) is 55.8 Å². The molecule has 0 aliphatic heterocycles. The van der Waals surface area contributed by atoms with Gasteiger partial charge in [-0.1, -0.05) is 31.7 Å². The Morgan fingerprint density at radius 2 is 1.81 bits per heavy atom. The molecule has 0 amide bonds. The molecule has 1 saturated carbocycles. The first-order chi connectivity index (χ1) is 10.2. The number of rotatable bonds is 2. The predicted octanol–water partition coefficient (Wildman–Crippen LogP) is 3.26. The number of nitrogens with two attached hydrogens (primary N) is 1. The number of aryl methyl sites for hydroxylation is 1. The maximum atomic E-state index is 5.90. The van der Waals surface area contributed by atoms with Crippen LogP contribution >= 0.6 is 0 Å². The number of pyridine rings is 1. The van der Waals surface area contributed by atoms with Gasteiger partial charge in [0.1, 0.15) is 11.5 Å². The highest BCUT2D eigenvalue weighted by Gasteiger charge is 2.19. The molecule has 2 heterocycles. The van der Waals surface area contributed by atoms with Gasteiger partial charge in [-0.3, -0.25) is 4.98 Å². The van der Waals surface area contributed by atoms with Crippen LogP contribution in [0.4, 0.5) is 5.95 Å². The van der Waals surface area contributed by atoms with E-state index in [2.05, 4.69) is 19.9 Å². The first kappa shape index (κ1) is 13.9. The summed E-state index contributed by atoms with van der Waals surface area (Å²) in [5.74, 6) is 2.13. The molecule has 1 aliphatic rings. The summed E-state index contributed by atoms with van der Waals surface area (Å²) in [5, 5.41) is 0. The summed E-state index contributed by atoms with van der Waals surface area (Å²) in [6.45, 7) is 2.01. The molecule has 1 fully saturated rings. The van der Waals surface area contributed by atoms with E-state index in [-0.39, 0.29) is 0 Å². The van der Waals surface area contributed by atoms with Gasteiger partial charge in [-0.05, 0) is 31.4 Å². The Balaban J connectivity index is 1.98. The van der Waals surface area contributed by atoms with Crippen LogP contribution in [0.5, 0.6) is 0 Å². The highest BCUT2D eigenvalue weighted by atomic mass is 15.1. The van der Waals surface area contributed by atoms with Crippen molar-refractivity contribution in [2.24, 2.45) is 0 Å². The molecule has 0 unspecified atom stereocenters. The molecule has 0 radical (unpaired) electrons. The number of anilines is 1. The molecular weight excluding hydrogens is 262 g/mol. The zero-order valence-corrected chi connectivity index (χ0v) is 12.4. The summed E-state index contributed by atoms with van der Waals surface area (Å²) in [4.78, 5) is 17.7. The minimum absolute atomic E-state index is 0.296. The van der Waals surface area contributed by atoms with Gasteiger partial charge in [0.15, 0.2) is 5.82 Å². The normalized spacial score (nSPS) is 16.6. The van der Waals surface area contributed by atoms with Gasteiger partial charge < -0.3 is 5.73 Å². The lowest BCUT2D eigenvalue weighted by Crippen LogP contribution is -2.10. The average Bonchev–Trinajstić information content (AvgIpc) is 2.76. The van der Waals surface area contributed by atoms with Crippen LogP contribution in [-0.2, 0) is 0 Å². The molecule has 2 aromatic heterocycles. The maximum absolute atomic E-state index is 5.90. The third-order valence-electron chi connectivity index (χ3n) is 4.11. The largest absolute Gasteiger partial charge is 0.368 e. The van der Waals surface area contributed by atoms with Crippen molar-refractivity contribution in [3.8, 4) is 11.5 Å². The van der Waals surface area contributed by atoms with Gasteiger partial charge in [-0.15, -0.1) is 0 Å². The monoisotopic (exact) mass is 283 g/mol. The van der Waals surface area contributed by atoms with E-state index in [1.165, 1.54) is 25.7 Å². The van der Waals surface area contributed by atoms with Crippen LogP contribution in [0.25, 0.3) is 11.5 Å². The molecule has 0 aromatic carbocycles. The van der Waals surface area contributed by atoms with Gasteiger partial charge >= 0.3 is 0 Å². The molecule has 0 saturated heterocycles. The number of nitrogen functional groups attached to an aromatic ring is 1. The van der Waals surface area contributed by atoms with E-state index in [1.54, 1.807) is 6.20 Å². The lowest BCUT2D eigenvalue weighted by atomic mass is 9.99. The quantitative estimate of drug-likeness (QED) is 0.856. The fraction of sp³-hybridized carbons (Fsp3) is 0.500. The van der Waals surface area contributed by atoms with Crippen LogP contribution in [0.3, 0.4) is 0 Å². The number of hydrogen-bond acceptors (Lipinski definition) is 5. The van der Waals surface area contributed by atoms with Gasteiger partial charge in [0.05, 0.1) is 0 Å². The number of nitrogens with zero attached hydrogens (tertiary/aromatic N) is 4. The van der Waals surface area contributed by atoms with Gasteiger partial charge in [0.2, 0.25) is 5.95 Å². The van der Waals surface area contributed by atoms with Crippen molar-refractivity contribution in [3.05, 3.63) is 29.7 Å². The Bertz CT molecular complexity index is 618. The minimum Gasteiger partial charge on any atom is -0.368 e. The van der Waals surface area contributed by atoms with E-state index in [0.29, 0.717) is 17.7 Å². The Hall–Kier alpha value is -2.04. The Morgan fingerprint density at radius 1 is 1.05 bits per heavy atom. The smallest absolute Gasteiger partial charge is 0.223 e. The summed E-state index contributed by atoms with van der Waals surface area (Å²) in [6.07, 6.45) is 9.15. The Labute approximate surface area is 125 Å². The molecule has 3 rings (SSSR count). The number of hydrogen-bond donors (Lipinski definition) is 1. The van der Waals surface area contributed by atoms with Crippen LogP contribution in [0.2, 0.25) is 0 Å². The zero-order valence-electron chi connectivity index (χ0n) is 12.4. The second-order valence-electron chi connectivity index (χ2n) is 5.73. The Morgan fingerprint density at radius 3 is 2.52 bits per heavy atom. The summed E-state index contributed by atoms with van der Waals surface area (Å²) in [5.41, 5.74) is 7.75. The van der Waals surface area contributed by atoms with Gasteiger partial charge in [0, 0.05) is 12.1 Å². The molecule has 0 atom stereocenters. The van der Waals surface area contributed by atoms with E-state index in [0.717, 1.165) is 29.9 Å². The first-order valence-electron chi connectivity index (χ1n) is 7.67. The van der Waals surface area contributed by atoms with Crippen molar-refractivity contribution in [3.63, 3.8) is 0 Å². The second kappa shape index (κ2) is 6.16. The lowest BCUT2D eigenvalue weighted by Gasteiger charge is -2.13. The minimum atomic E-state index is 0.296. The molecule has 1 aliphatic carbocycles. The van der Waals surface area contributed by atoms with Crippen LogP contribution in [0.15, 0.2) is 18.3 Å². The zero-order chi connectivity index (χ0) is 14.7. The first-order valence-corrected chi connectivity index (χ1v) is 7.67. The maximum Gasteiger partial charge on any atom is 0.223 e. The molecule has 21 heavy (non-hydrogen) atoms. The van der Waals surface area contributed by atoms with E-state index >= 15 is 0 Å². The third-order valence-corrected chi connectivity index (χ3v) is 4.11. The fourth-order valence-corrected chi connectivity index (χ4v) is 2.96. The summed E-state index contributed by atoms with van der Waals surface area (Å²) >= 11 is 0. The van der Waals surface area contributed by atoms with Crippen LogP contribution in [0, 0.1) is 6.92 Å². The molecular formula is C16H21N5. The molecule has 2 N–H and O–H groups in total. The highest BCUT2D eigenvalue weighted by molar-refractivity contribution is 5.55. The van der Waals surface area contributed by atoms with E-state index in [9.17, 15) is 0 Å². The van der Waals surface area contributed by atoms with Crippen molar-refractivity contribution in [1.29, 1.82) is 0 Å². The SMILES string of the molecule is Cc1cccnc1-c1nc(N)nc(C2CCCCCC2)n1. The Kier molecular flexibility index (Phi) is 4.08. The van der Waals surface area contributed by atoms with Crippen LogP contribution in [-0.4, -0.2) is 19.9 Å². The molecule has 0 bridgehead atoms. The standard InChI is InChI=1S/C16H21N5/c1-11-7-6-10-18-13(11)15-19-14(20-16(17)21-15)12-8-4-2-3-5-9-12/h6-7,10,12H,2-5,8-9H2,1H3,(H2,17,19,20,21). The van der Waals surface area contributed by atoms with Crippen molar-refractivity contribution in [2.45, 2.75) is 51.4 Å². The van der Waals surface area contributed by atoms with Crippen LogP contribution < -0.4 is 5.73 Å². The van der Waals surface area contributed by atoms with E-state index in [4.69, 9.17) is 5.73 Å². The molecule has 110 valence electrons. The van der Waals surface area contributed by atoms with Crippen molar-refractivity contribution in [2.75, 3.05) is 5.73 Å². The third kappa shape index (κ3) is 3.17. The van der Waals surface area contributed by atoms with Crippen molar-refractivity contribution >= 4 is 5.95 Å². The van der Waals surface area contributed by atoms with Gasteiger partial charge in [-0.2, -0.15) is 9.97 Å². The predicted molar refractivity (Wildman–Crippen MR) is 82.7 cm³/mol. The molecule has 5 nitrogen and oxygen atoms in total. The van der Waals surface area contributed by atoms with Crippen molar-refractivity contribution in [1.82, 2.24) is 19.9 Å². The highest BCUT2D eigenvalue weighted by Crippen LogP contribution is 2.30. The summed E-state index contributed by atoms with van der Waals surface area (Å²) < 4.78 is 0. The lowest BCUT2D eigenvalue weighted by molar-refractivity contribution is 0.559. The summed E-state index contributed by atoms with van der Waals surface area (Å²) in [7, 11) is 0. The molecule has 0 spiro atoms.